The second-order valence-corrected chi connectivity index (χ2v) is 6.11. The van der Waals surface area contributed by atoms with E-state index >= 15 is 0 Å². The van der Waals surface area contributed by atoms with Gasteiger partial charge in [-0.3, -0.25) is 4.98 Å². The van der Waals surface area contributed by atoms with Gasteiger partial charge in [-0.25, -0.2) is 0 Å². The highest BCUT2D eigenvalue weighted by Gasteiger charge is 2.32. The molecule has 0 saturated carbocycles. The van der Waals surface area contributed by atoms with E-state index in [0.717, 1.165) is 24.2 Å². The monoisotopic (exact) mass is 248 g/mol. The van der Waals surface area contributed by atoms with E-state index in [1.54, 1.807) is 0 Å². The molecule has 1 aromatic heterocycles. The van der Waals surface area contributed by atoms with Crippen LogP contribution in [0.2, 0.25) is 0 Å². The highest BCUT2D eigenvalue weighted by atomic mass is 16.3. The fourth-order valence-corrected chi connectivity index (χ4v) is 2.53. The lowest BCUT2D eigenvalue weighted by Crippen LogP contribution is -2.50. The van der Waals surface area contributed by atoms with Gasteiger partial charge in [0, 0.05) is 18.3 Å². The van der Waals surface area contributed by atoms with Crippen molar-refractivity contribution in [3.05, 3.63) is 24.0 Å². The van der Waals surface area contributed by atoms with Gasteiger partial charge in [0.25, 0.3) is 0 Å². The summed E-state index contributed by atoms with van der Waals surface area (Å²) in [5.74, 6) is 0.459. The Morgan fingerprint density at radius 3 is 2.72 bits per heavy atom. The Kier molecular flexibility index (Phi) is 3.62. The number of β-amino-alcohol motifs (C(OH)–C–C–N with tert-alkyl or cyclic N) is 1. The Morgan fingerprint density at radius 2 is 2.17 bits per heavy atom. The largest absolute Gasteiger partial charge is 0.388 e. The van der Waals surface area contributed by atoms with E-state index in [0.29, 0.717) is 18.5 Å². The second kappa shape index (κ2) is 4.88. The molecule has 2 heterocycles. The molecule has 1 aliphatic rings. The minimum atomic E-state index is -0.580. The van der Waals surface area contributed by atoms with Gasteiger partial charge >= 0.3 is 0 Å². The standard InChI is InChI=1S/C15H24N2O/c1-11(2)14-6-5-13(9-16-14)17-10-15(4,18)8-7-12(17)3/h5-6,9,11-12,18H,7-8,10H2,1-4H3/t12-,15-/m1/s1. The van der Waals surface area contributed by atoms with Crippen molar-refractivity contribution in [2.45, 2.75) is 58.1 Å². The summed E-state index contributed by atoms with van der Waals surface area (Å²) in [5, 5.41) is 10.2. The van der Waals surface area contributed by atoms with E-state index in [1.165, 1.54) is 0 Å². The molecule has 2 rings (SSSR count). The molecule has 1 fully saturated rings. The van der Waals surface area contributed by atoms with Crippen LogP contribution in [0, 0.1) is 0 Å². The minimum Gasteiger partial charge on any atom is -0.388 e. The second-order valence-electron chi connectivity index (χ2n) is 6.11. The molecule has 1 aliphatic heterocycles. The molecule has 3 nitrogen and oxygen atoms in total. The molecule has 18 heavy (non-hydrogen) atoms. The summed E-state index contributed by atoms with van der Waals surface area (Å²) in [6, 6.07) is 4.69. The maximum atomic E-state index is 10.2. The van der Waals surface area contributed by atoms with Crippen molar-refractivity contribution in [2.75, 3.05) is 11.4 Å². The third-order valence-electron chi connectivity index (χ3n) is 3.84. The van der Waals surface area contributed by atoms with Gasteiger partial charge in [0.2, 0.25) is 0 Å². The third kappa shape index (κ3) is 2.83. The van der Waals surface area contributed by atoms with Gasteiger partial charge in [-0.05, 0) is 44.7 Å². The fourth-order valence-electron chi connectivity index (χ4n) is 2.53. The summed E-state index contributed by atoms with van der Waals surface area (Å²) >= 11 is 0. The first-order valence-corrected chi connectivity index (χ1v) is 6.84. The zero-order valence-electron chi connectivity index (χ0n) is 11.8. The molecule has 0 bridgehead atoms. The van der Waals surface area contributed by atoms with E-state index in [9.17, 15) is 5.11 Å². The Balaban J connectivity index is 2.19. The first-order valence-electron chi connectivity index (χ1n) is 6.84. The van der Waals surface area contributed by atoms with E-state index in [4.69, 9.17) is 0 Å². The van der Waals surface area contributed by atoms with Crippen LogP contribution in [-0.4, -0.2) is 28.3 Å². The first-order chi connectivity index (χ1) is 8.39. The minimum absolute atomic E-state index is 0.459. The molecule has 0 radical (unpaired) electrons. The Morgan fingerprint density at radius 1 is 1.44 bits per heavy atom. The van der Waals surface area contributed by atoms with Crippen molar-refractivity contribution in [3.8, 4) is 0 Å². The van der Waals surface area contributed by atoms with Gasteiger partial charge in [0.05, 0.1) is 17.5 Å². The lowest BCUT2D eigenvalue weighted by molar-refractivity contribution is 0.0378. The molecule has 0 aliphatic carbocycles. The Hall–Kier alpha value is -1.09. The van der Waals surface area contributed by atoms with Gasteiger partial charge in [-0.1, -0.05) is 13.8 Å². The quantitative estimate of drug-likeness (QED) is 0.874. The number of aliphatic hydroxyl groups is 1. The number of nitrogens with zero attached hydrogens (tertiary/aromatic N) is 2. The number of hydrogen-bond donors (Lipinski definition) is 1. The number of piperidine rings is 1. The lowest BCUT2D eigenvalue weighted by Gasteiger charge is -2.42. The van der Waals surface area contributed by atoms with Crippen LogP contribution in [0.1, 0.15) is 52.1 Å². The molecule has 1 aromatic rings. The molecule has 0 spiro atoms. The van der Waals surface area contributed by atoms with Crippen molar-refractivity contribution >= 4 is 5.69 Å². The van der Waals surface area contributed by atoms with Crippen molar-refractivity contribution in [1.82, 2.24) is 4.98 Å². The van der Waals surface area contributed by atoms with Crippen LogP contribution in [-0.2, 0) is 0 Å². The molecule has 1 N–H and O–H groups in total. The Labute approximate surface area is 110 Å². The topological polar surface area (TPSA) is 36.4 Å². The van der Waals surface area contributed by atoms with Gasteiger partial charge in [0.15, 0.2) is 0 Å². The first kappa shape index (κ1) is 13.3. The zero-order valence-corrected chi connectivity index (χ0v) is 11.8. The third-order valence-corrected chi connectivity index (χ3v) is 3.84. The summed E-state index contributed by atoms with van der Waals surface area (Å²) < 4.78 is 0. The molecule has 0 aromatic carbocycles. The van der Waals surface area contributed by atoms with Gasteiger partial charge in [-0.15, -0.1) is 0 Å². The average Bonchev–Trinajstić information content (AvgIpc) is 2.32. The average molecular weight is 248 g/mol. The molecule has 0 amide bonds. The van der Waals surface area contributed by atoms with Crippen molar-refractivity contribution in [3.63, 3.8) is 0 Å². The smallest absolute Gasteiger partial charge is 0.0794 e. The molecule has 2 atom stereocenters. The van der Waals surface area contributed by atoms with Crippen LogP contribution in [0.3, 0.4) is 0 Å². The summed E-state index contributed by atoms with van der Waals surface area (Å²) in [6.07, 6.45) is 3.84. The van der Waals surface area contributed by atoms with Crippen LogP contribution >= 0.6 is 0 Å². The molecule has 3 heteroatoms. The molecule has 1 saturated heterocycles. The molecular weight excluding hydrogens is 224 g/mol. The predicted octanol–water partition coefficient (Wildman–Crippen LogP) is 2.94. The van der Waals surface area contributed by atoms with E-state index in [1.807, 2.05) is 13.1 Å². The maximum Gasteiger partial charge on any atom is 0.0794 e. The Bertz CT molecular complexity index is 397. The molecular formula is C15H24N2O. The lowest BCUT2D eigenvalue weighted by atomic mass is 9.90. The summed E-state index contributed by atoms with van der Waals surface area (Å²) in [6.45, 7) is 9.12. The van der Waals surface area contributed by atoms with E-state index < -0.39 is 5.60 Å². The summed E-state index contributed by atoms with van der Waals surface area (Å²) in [4.78, 5) is 6.78. The normalized spacial score (nSPS) is 28.8. The SMILES string of the molecule is CC(C)c1ccc(N2C[C@](C)(O)CC[C@H]2C)cn1. The highest BCUT2D eigenvalue weighted by molar-refractivity contribution is 5.47. The number of rotatable bonds is 2. The zero-order chi connectivity index (χ0) is 13.3. The van der Waals surface area contributed by atoms with Crippen LogP contribution in [0.15, 0.2) is 18.3 Å². The van der Waals surface area contributed by atoms with Gasteiger partial charge in [-0.2, -0.15) is 0 Å². The number of pyridine rings is 1. The van der Waals surface area contributed by atoms with E-state index in [2.05, 4.69) is 42.8 Å². The highest BCUT2D eigenvalue weighted by Crippen LogP contribution is 2.29. The van der Waals surface area contributed by atoms with Crippen LogP contribution < -0.4 is 4.90 Å². The molecule has 0 unspecified atom stereocenters. The number of hydrogen-bond acceptors (Lipinski definition) is 3. The summed E-state index contributed by atoms with van der Waals surface area (Å²) in [5.41, 5.74) is 1.66. The fraction of sp³-hybridized carbons (Fsp3) is 0.667. The maximum absolute atomic E-state index is 10.2. The molecule has 100 valence electrons. The summed E-state index contributed by atoms with van der Waals surface area (Å²) in [7, 11) is 0. The van der Waals surface area contributed by atoms with E-state index in [-0.39, 0.29) is 0 Å². The van der Waals surface area contributed by atoms with Gasteiger partial charge < -0.3 is 10.0 Å². The van der Waals surface area contributed by atoms with Crippen LogP contribution in [0.25, 0.3) is 0 Å². The van der Waals surface area contributed by atoms with Gasteiger partial charge in [0.1, 0.15) is 0 Å². The van der Waals surface area contributed by atoms with Crippen LogP contribution in [0.4, 0.5) is 5.69 Å². The predicted molar refractivity (Wildman–Crippen MR) is 75.0 cm³/mol. The number of anilines is 1. The van der Waals surface area contributed by atoms with Crippen LogP contribution in [0.5, 0.6) is 0 Å². The van der Waals surface area contributed by atoms with Crippen molar-refractivity contribution in [1.29, 1.82) is 0 Å². The number of aromatic nitrogens is 1. The van der Waals surface area contributed by atoms with Crippen molar-refractivity contribution < 1.29 is 5.11 Å². The van der Waals surface area contributed by atoms with Crippen molar-refractivity contribution in [2.24, 2.45) is 0 Å².